The van der Waals surface area contributed by atoms with Crippen molar-refractivity contribution in [3.63, 3.8) is 0 Å². The van der Waals surface area contributed by atoms with Gasteiger partial charge in [0.05, 0.1) is 0 Å². The molecule has 3 N–H and O–H groups in total. The largest absolute Gasteiger partial charge is 0.481 e. The van der Waals surface area contributed by atoms with Gasteiger partial charge in [-0.05, 0) is 37.2 Å². The molecule has 0 aliphatic carbocycles. The first-order chi connectivity index (χ1) is 14.7. The van der Waals surface area contributed by atoms with Crippen molar-refractivity contribution < 1.29 is 9.90 Å². The predicted octanol–water partition coefficient (Wildman–Crippen LogP) is 4.80. The van der Waals surface area contributed by atoms with Gasteiger partial charge in [0.25, 0.3) is 5.97 Å². The first-order valence-electron chi connectivity index (χ1n) is 11.3. The van der Waals surface area contributed by atoms with Gasteiger partial charge in [-0.15, -0.1) is 0 Å². The Morgan fingerprint density at radius 3 is 2.55 bits per heavy atom. The highest BCUT2D eigenvalue weighted by Gasteiger charge is 2.20. The molecule has 7 heteroatoms. The maximum absolute atomic E-state index is 9.00. The molecule has 0 aromatic heterocycles. The van der Waals surface area contributed by atoms with E-state index in [0.29, 0.717) is 18.1 Å². The van der Waals surface area contributed by atoms with E-state index in [-0.39, 0.29) is 0 Å². The number of aliphatic carboxylic acids is 1. The lowest BCUT2D eigenvalue weighted by Gasteiger charge is -2.31. The minimum absolute atomic E-state index is 0.365. The Hall–Kier alpha value is -2.41. The highest BCUT2D eigenvalue weighted by molar-refractivity contribution is 5.90. The minimum Gasteiger partial charge on any atom is -0.481 e. The van der Waals surface area contributed by atoms with Gasteiger partial charge in [-0.3, -0.25) is 9.79 Å². The summed E-state index contributed by atoms with van der Waals surface area (Å²) in [6, 6.07) is 10.7. The van der Waals surface area contributed by atoms with Crippen molar-refractivity contribution in [3.05, 3.63) is 35.9 Å². The maximum Gasteiger partial charge on any atom is 0.300 e. The molecule has 31 heavy (non-hydrogen) atoms. The number of hydrogen-bond acceptors (Lipinski definition) is 6. The Morgan fingerprint density at radius 2 is 1.90 bits per heavy atom. The van der Waals surface area contributed by atoms with Crippen LogP contribution in [0.4, 0.5) is 0 Å². The second-order valence-electron chi connectivity index (χ2n) is 8.84. The summed E-state index contributed by atoms with van der Waals surface area (Å²) in [5.41, 5.74) is 5.18. The van der Waals surface area contributed by atoms with Crippen molar-refractivity contribution in [2.45, 2.75) is 85.7 Å². The molecule has 0 fully saturated rings. The van der Waals surface area contributed by atoms with Crippen LogP contribution < -0.4 is 10.7 Å². The highest BCUT2D eigenvalue weighted by atomic mass is 16.4. The molecule has 0 amide bonds. The number of carboxylic acids is 1. The Labute approximate surface area is 188 Å². The Morgan fingerprint density at radius 1 is 1.23 bits per heavy atom. The summed E-state index contributed by atoms with van der Waals surface area (Å²) in [4.78, 5) is 17.8. The third kappa shape index (κ3) is 12.8. The van der Waals surface area contributed by atoms with Crippen LogP contribution >= 0.6 is 0 Å². The van der Waals surface area contributed by atoms with Crippen LogP contribution in [0.3, 0.4) is 0 Å². The van der Waals surface area contributed by atoms with Gasteiger partial charge < -0.3 is 10.4 Å². The molecule has 1 aliphatic rings. The van der Waals surface area contributed by atoms with Crippen molar-refractivity contribution in [2.75, 3.05) is 6.67 Å². The number of hydrogen-bond donors (Lipinski definition) is 3. The van der Waals surface area contributed by atoms with E-state index in [1.54, 1.807) is 0 Å². The zero-order chi connectivity index (χ0) is 23.1. The van der Waals surface area contributed by atoms with E-state index in [2.05, 4.69) is 72.7 Å². The second kappa shape index (κ2) is 14.6. The SMILES string of the molecule is CC(=O)O.CCCCCC(C)(C)CCC(C)NN1C=NCN=C1NCc1ccccc1. The summed E-state index contributed by atoms with van der Waals surface area (Å²) in [5, 5.41) is 12.8. The molecule has 0 saturated carbocycles. The quantitative estimate of drug-likeness (QED) is 0.438. The number of nitrogens with zero attached hydrogens (tertiary/aromatic N) is 3. The Kier molecular flexibility index (Phi) is 12.5. The van der Waals surface area contributed by atoms with Crippen LogP contribution in [-0.4, -0.2) is 41.1 Å². The topological polar surface area (TPSA) is 89.3 Å². The fourth-order valence-electron chi connectivity index (χ4n) is 3.26. The number of aliphatic imine (C=N–C) groups is 2. The molecule has 0 bridgehead atoms. The molecule has 7 nitrogen and oxygen atoms in total. The molecule has 2 rings (SSSR count). The normalized spacial score (nSPS) is 14.4. The van der Waals surface area contributed by atoms with E-state index in [1.807, 2.05) is 17.4 Å². The van der Waals surface area contributed by atoms with Crippen LogP contribution in [0.15, 0.2) is 40.3 Å². The van der Waals surface area contributed by atoms with Crippen molar-refractivity contribution in [1.82, 2.24) is 15.8 Å². The maximum atomic E-state index is 9.00. The first kappa shape index (κ1) is 26.6. The summed E-state index contributed by atoms with van der Waals surface area (Å²) in [7, 11) is 0. The van der Waals surface area contributed by atoms with Crippen LogP contribution in [0, 0.1) is 5.41 Å². The fraction of sp³-hybridized carbons (Fsp3) is 0.625. The number of rotatable bonds is 11. The molecular weight excluding hydrogens is 390 g/mol. The Balaban J connectivity index is 0.00000110. The van der Waals surface area contributed by atoms with E-state index in [0.717, 1.165) is 25.8 Å². The molecule has 0 saturated heterocycles. The molecule has 1 aliphatic heterocycles. The molecule has 0 spiro atoms. The summed E-state index contributed by atoms with van der Waals surface area (Å²) in [5.74, 6) is 0.00269. The van der Waals surface area contributed by atoms with Gasteiger partial charge in [-0.25, -0.2) is 15.4 Å². The number of unbranched alkanes of at least 4 members (excludes halogenated alkanes) is 2. The van der Waals surface area contributed by atoms with Crippen molar-refractivity contribution in [2.24, 2.45) is 15.4 Å². The third-order valence-corrected chi connectivity index (χ3v) is 5.09. The summed E-state index contributed by atoms with van der Waals surface area (Å²) in [6.45, 7) is 11.6. The smallest absolute Gasteiger partial charge is 0.300 e. The highest BCUT2D eigenvalue weighted by Crippen LogP contribution is 2.29. The molecule has 1 aromatic carbocycles. The van der Waals surface area contributed by atoms with E-state index < -0.39 is 5.97 Å². The van der Waals surface area contributed by atoms with Crippen molar-refractivity contribution >= 4 is 18.3 Å². The number of hydrazine groups is 1. The van der Waals surface area contributed by atoms with Gasteiger partial charge in [0.2, 0.25) is 5.96 Å². The minimum atomic E-state index is -0.833. The second-order valence-corrected chi connectivity index (χ2v) is 8.84. The zero-order valence-corrected chi connectivity index (χ0v) is 19.9. The Bertz CT molecular complexity index is 684. The van der Waals surface area contributed by atoms with Gasteiger partial charge in [0.15, 0.2) is 0 Å². The molecule has 1 heterocycles. The van der Waals surface area contributed by atoms with Gasteiger partial charge in [0.1, 0.15) is 13.0 Å². The van der Waals surface area contributed by atoms with E-state index in [1.165, 1.54) is 37.7 Å². The lowest BCUT2D eigenvalue weighted by Crippen LogP contribution is -2.52. The molecule has 1 unspecified atom stereocenters. The van der Waals surface area contributed by atoms with Crippen molar-refractivity contribution in [1.29, 1.82) is 0 Å². The van der Waals surface area contributed by atoms with Gasteiger partial charge in [0, 0.05) is 19.5 Å². The van der Waals surface area contributed by atoms with Crippen LogP contribution in [0.1, 0.15) is 78.7 Å². The van der Waals surface area contributed by atoms with E-state index in [9.17, 15) is 0 Å². The molecule has 174 valence electrons. The number of benzene rings is 1. The van der Waals surface area contributed by atoms with E-state index in [4.69, 9.17) is 9.90 Å². The predicted molar refractivity (Wildman–Crippen MR) is 129 cm³/mol. The van der Waals surface area contributed by atoms with Crippen LogP contribution in [-0.2, 0) is 11.3 Å². The number of nitrogens with one attached hydrogen (secondary N) is 2. The monoisotopic (exact) mass is 431 g/mol. The standard InChI is InChI=1S/C22H37N5.C2H4O2/c1-5-6-10-14-22(3,4)15-13-19(2)26-27-18-23-17-25-21(27)24-16-20-11-8-7-9-12-20;1-2(3)4/h7-9,11-12,18-19,26H,5-6,10,13-17H2,1-4H3,(H,24,25);1H3,(H,3,4). The molecule has 1 atom stereocenters. The van der Waals surface area contributed by atoms with Gasteiger partial charge in [-0.1, -0.05) is 70.4 Å². The summed E-state index contributed by atoms with van der Waals surface area (Å²) in [6.07, 6.45) is 9.47. The van der Waals surface area contributed by atoms with E-state index >= 15 is 0 Å². The number of carbonyl (C=O) groups is 1. The van der Waals surface area contributed by atoms with Gasteiger partial charge >= 0.3 is 0 Å². The third-order valence-electron chi connectivity index (χ3n) is 5.09. The van der Waals surface area contributed by atoms with Gasteiger partial charge in [-0.2, -0.15) is 0 Å². The fourth-order valence-corrected chi connectivity index (χ4v) is 3.26. The van der Waals surface area contributed by atoms with Crippen LogP contribution in [0.5, 0.6) is 0 Å². The molecule has 1 aromatic rings. The zero-order valence-electron chi connectivity index (χ0n) is 19.9. The summed E-state index contributed by atoms with van der Waals surface area (Å²) < 4.78 is 0. The molecule has 0 radical (unpaired) electrons. The van der Waals surface area contributed by atoms with Crippen molar-refractivity contribution in [3.8, 4) is 0 Å². The van der Waals surface area contributed by atoms with Crippen LogP contribution in [0.25, 0.3) is 0 Å². The van der Waals surface area contributed by atoms with Crippen LogP contribution in [0.2, 0.25) is 0 Å². The number of guanidine groups is 1. The lowest BCUT2D eigenvalue weighted by molar-refractivity contribution is -0.134. The molecular formula is C24H41N5O2. The first-order valence-corrected chi connectivity index (χ1v) is 11.3. The average molecular weight is 432 g/mol. The number of carboxylic acid groups (broad SMARTS) is 1. The lowest BCUT2D eigenvalue weighted by atomic mass is 9.81. The summed E-state index contributed by atoms with van der Waals surface area (Å²) >= 11 is 0. The average Bonchev–Trinajstić information content (AvgIpc) is 2.72.